The van der Waals surface area contributed by atoms with E-state index < -0.39 is 5.54 Å². The summed E-state index contributed by atoms with van der Waals surface area (Å²) < 4.78 is 1.50. The molecule has 2 aromatic carbocycles. The highest BCUT2D eigenvalue weighted by molar-refractivity contribution is 6.01. The van der Waals surface area contributed by atoms with Crippen molar-refractivity contribution >= 4 is 23.4 Å². The lowest BCUT2D eigenvalue weighted by atomic mass is 9.96. The van der Waals surface area contributed by atoms with Crippen LogP contribution in [0.15, 0.2) is 66.7 Å². The summed E-state index contributed by atoms with van der Waals surface area (Å²) in [5, 5.41) is 7.40. The number of fused-ring (bicyclic) bond motifs is 1. The van der Waals surface area contributed by atoms with Gasteiger partial charge in [-0.2, -0.15) is 5.10 Å². The van der Waals surface area contributed by atoms with Gasteiger partial charge in [-0.1, -0.05) is 48.5 Å². The Morgan fingerprint density at radius 2 is 1.61 bits per heavy atom. The number of carbonyl (C=O) groups is 3. The molecular formula is C27H30N6O3. The lowest BCUT2D eigenvalue weighted by Crippen LogP contribution is -2.62. The summed E-state index contributed by atoms with van der Waals surface area (Å²) in [5.74, 6) is -0.803. The quantitative estimate of drug-likeness (QED) is 0.596. The predicted molar refractivity (Wildman–Crippen MR) is 136 cm³/mol. The van der Waals surface area contributed by atoms with E-state index in [4.69, 9.17) is 0 Å². The van der Waals surface area contributed by atoms with E-state index in [9.17, 15) is 14.4 Å². The summed E-state index contributed by atoms with van der Waals surface area (Å²) in [7, 11) is 1.62. The van der Waals surface area contributed by atoms with Gasteiger partial charge in [-0.15, -0.1) is 0 Å². The van der Waals surface area contributed by atoms with Crippen molar-refractivity contribution in [2.75, 3.05) is 38.1 Å². The summed E-state index contributed by atoms with van der Waals surface area (Å²) >= 11 is 0. The average molecular weight is 487 g/mol. The van der Waals surface area contributed by atoms with E-state index in [1.54, 1.807) is 24.9 Å². The Hall–Kier alpha value is -4.14. The number of rotatable bonds is 5. The minimum atomic E-state index is -1.13. The second kappa shape index (κ2) is 9.49. The van der Waals surface area contributed by atoms with Crippen molar-refractivity contribution in [2.45, 2.75) is 25.6 Å². The third kappa shape index (κ3) is 4.32. The second-order valence-electron chi connectivity index (χ2n) is 9.49. The van der Waals surface area contributed by atoms with Crippen molar-refractivity contribution in [3.8, 4) is 0 Å². The molecule has 5 rings (SSSR count). The van der Waals surface area contributed by atoms with Gasteiger partial charge in [-0.05, 0) is 24.6 Å². The number of nitrogens with one attached hydrogen (secondary N) is 1. The zero-order chi connectivity index (χ0) is 25.3. The Bertz CT molecular complexity index is 1270. The van der Waals surface area contributed by atoms with Crippen LogP contribution in [-0.4, -0.2) is 76.1 Å². The first-order chi connectivity index (χ1) is 17.4. The van der Waals surface area contributed by atoms with Gasteiger partial charge in [0.05, 0.1) is 6.54 Å². The van der Waals surface area contributed by atoms with Crippen LogP contribution < -0.4 is 10.2 Å². The largest absolute Gasteiger partial charge is 0.368 e. The van der Waals surface area contributed by atoms with Gasteiger partial charge >= 0.3 is 0 Å². The Morgan fingerprint density at radius 1 is 0.972 bits per heavy atom. The standard InChI is InChI=1S/C27H30N6O3/c1-27(26(36)28-18-20-9-5-3-6-10-20)19-33-23(25(35)30(27)2)17-22(29-33)24(34)32-15-13-31(14-16-32)21-11-7-4-8-12-21/h3-12,17H,13-16,18-19H2,1-2H3,(H,28,36)/t27-/m1/s1. The SMILES string of the molecule is CN1C(=O)c2cc(C(=O)N3CCN(c4ccccc4)CC3)nn2C[C@]1(C)C(=O)NCc1ccccc1. The van der Waals surface area contributed by atoms with Crippen LogP contribution in [0.2, 0.25) is 0 Å². The molecule has 1 atom stereocenters. The lowest BCUT2D eigenvalue weighted by Gasteiger charge is -2.40. The first-order valence-electron chi connectivity index (χ1n) is 12.1. The number of carbonyl (C=O) groups excluding carboxylic acids is 3. The van der Waals surface area contributed by atoms with Gasteiger partial charge in [-0.25, -0.2) is 0 Å². The van der Waals surface area contributed by atoms with Crippen LogP contribution in [0.25, 0.3) is 0 Å². The van der Waals surface area contributed by atoms with Crippen LogP contribution in [-0.2, 0) is 17.9 Å². The summed E-state index contributed by atoms with van der Waals surface area (Å²) in [6.07, 6.45) is 0. The Kier molecular flexibility index (Phi) is 6.22. The van der Waals surface area contributed by atoms with Gasteiger partial charge in [0.2, 0.25) is 5.91 Å². The average Bonchev–Trinajstić information content (AvgIpc) is 3.35. The van der Waals surface area contributed by atoms with E-state index in [2.05, 4.69) is 27.4 Å². The molecule has 36 heavy (non-hydrogen) atoms. The molecule has 9 heteroatoms. The third-order valence-corrected chi connectivity index (χ3v) is 7.19. The Labute approximate surface area is 210 Å². The first-order valence-corrected chi connectivity index (χ1v) is 12.1. The smallest absolute Gasteiger partial charge is 0.274 e. The number of amides is 3. The highest BCUT2D eigenvalue weighted by Crippen LogP contribution is 2.27. The summed E-state index contributed by atoms with van der Waals surface area (Å²) in [6, 6.07) is 21.3. The predicted octanol–water partition coefficient (Wildman–Crippen LogP) is 2.01. The number of hydrogen-bond donors (Lipinski definition) is 1. The molecule has 0 bridgehead atoms. The minimum absolute atomic E-state index is 0.167. The minimum Gasteiger partial charge on any atom is -0.368 e. The van der Waals surface area contributed by atoms with E-state index in [1.165, 1.54) is 9.58 Å². The number of anilines is 1. The fraction of sp³-hybridized carbons (Fsp3) is 0.333. The highest BCUT2D eigenvalue weighted by Gasteiger charge is 2.46. The second-order valence-corrected chi connectivity index (χ2v) is 9.49. The normalized spacial score (nSPS) is 19.7. The maximum Gasteiger partial charge on any atom is 0.274 e. The van der Waals surface area contributed by atoms with E-state index >= 15 is 0 Å². The number of piperazine rings is 1. The fourth-order valence-corrected chi connectivity index (χ4v) is 4.77. The van der Waals surface area contributed by atoms with Gasteiger partial charge in [0.25, 0.3) is 11.8 Å². The zero-order valence-electron chi connectivity index (χ0n) is 20.6. The van der Waals surface area contributed by atoms with Crippen LogP contribution >= 0.6 is 0 Å². The Balaban J connectivity index is 1.27. The molecule has 186 valence electrons. The molecule has 1 aromatic heterocycles. The monoisotopic (exact) mass is 486 g/mol. The number of aromatic nitrogens is 2. The topological polar surface area (TPSA) is 90.8 Å². The van der Waals surface area contributed by atoms with E-state index in [-0.39, 0.29) is 30.0 Å². The molecule has 9 nitrogen and oxygen atoms in total. The van der Waals surface area contributed by atoms with Crippen LogP contribution in [0.1, 0.15) is 33.5 Å². The molecule has 0 aliphatic carbocycles. The van der Waals surface area contributed by atoms with Gasteiger partial charge in [-0.3, -0.25) is 19.1 Å². The van der Waals surface area contributed by atoms with E-state index in [1.807, 2.05) is 48.5 Å². The number of benzene rings is 2. The number of likely N-dealkylation sites (N-methyl/N-ethyl adjacent to an activating group) is 1. The fourth-order valence-electron chi connectivity index (χ4n) is 4.77. The molecular weight excluding hydrogens is 456 g/mol. The van der Waals surface area contributed by atoms with Crippen molar-refractivity contribution in [1.29, 1.82) is 0 Å². The Morgan fingerprint density at radius 3 is 2.28 bits per heavy atom. The van der Waals surface area contributed by atoms with E-state index in [0.29, 0.717) is 25.3 Å². The van der Waals surface area contributed by atoms with Gasteiger partial charge in [0.1, 0.15) is 11.2 Å². The highest BCUT2D eigenvalue weighted by atomic mass is 16.2. The molecule has 0 spiro atoms. The van der Waals surface area contributed by atoms with Crippen LogP contribution in [0.5, 0.6) is 0 Å². The van der Waals surface area contributed by atoms with Crippen molar-refractivity contribution in [2.24, 2.45) is 0 Å². The van der Waals surface area contributed by atoms with Crippen molar-refractivity contribution in [3.63, 3.8) is 0 Å². The third-order valence-electron chi connectivity index (χ3n) is 7.19. The lowest BCUT2D eigenvalue weighted by molar-refractivity contribution is -0.132. The molecule has 3 aromatic rings. The van der Waals surface area contributed by atoms with Crippen LogP contribution in [0, 0.1) is 0 Å². The maximum absolute atomic E-state index is 13.2. The van der Waals surface area contributed by atoms with Crippen LogP contribution in [0.3, 0.4) is 0 Å². The van der Waals surface area contributed by atoms with Crippen molar-refractivity contribution < 1.29 is 14.4 Å². The molecule has 2 aliphatic rings. The molecule has 1 N–H and O–H groups in total. The maximum atomic E-state index is 13.2. The van der Waals surface area contributed by atoms with Gasteiger partial charge in [0.15, 0.2) is 5.69 Å². The summed E-state index contributed by atoms with van der Waals surface area (Å²) in [4.78, 5) is 45.0. The first kappa shape index (κ1) is 23.6. The molecule has 0 saturated carbocycles. The van der Waals surface area contributed by atoms with Gasteiger partial charge < -0.3 is 20.0 Å². The number of para-hydroxylation sites is 1. The van der Waals surface area contributed by atoms with Crippen molar-refractivity contribution in [1.82, 2.24) is 24.9 Å². The van der Waals surface area contributed by atoms with E-state index in [0.717, 1.165) is 24.3 Å². The molecule has 0 unspecified atom stereocenters. The molecule has 1 fully saturated rings. The van der Waals surface area contributed by atoms with Gasteiger partial charge in [0, 0.05) is 51.5 Å². The molecule has 2 aliphatic heterocycles. The number of hydrogen-bond acceptors (Lipinski definition) is 5. The van der Waals surface area contributed by atoms with Crippen molar-refractivity contribution in [3.05, 3.63) is 83.7 Å². The summed E-state index contributed by atoms with van der Waals surface area (Å²) in [6.45, 7) is 4.85. The molecule has 3 heterocycles. The van der Waals surface area contributed by atoms with Crippen LogP contribution in [0.4, 0.5) is 5.69 Å². The number of nitrogens with zero attached hydrogens (tertiary/aromatic N) is 5. The molecule has 1 saturated heterocycles. The zero-order valence-corrected chi connectivity index (χ0v) is 20.6. The molecule has 0 radical (unpaired) electrons. The summed E-state index contributed by atoms with van der Waals surface area (Å²) in [5.41, 5.74) is 1.53. The molecule has 3 amide bonds.